The standard InChI is InChI=1S/C14H16FN/c1-2-3-8-16-14-9-12(10-14)11-4-6-13(15)7-5-11/h4-7,12,14,16H,8-10H2,1H3. The molecule has 1 fully saturated rings. The van der Waals surface area contributed by atoms with Crippen molar-refractivity contribution in [2.75, 3.05) is 6.54 Å². The lowest BCUT2D eigenvalue weighted by molar-refractivity contribution is 0.300. The summed E-state index contributed by atoms with van der Waals surface area (Å²) in [5.41, 5.74) is 1.25. The van der Waals surface area contributed by atoms with Crippen LogP contribution in [0.3, 0.4) is 0 Å². The van der Waals surface area contributed by atoms with Gasteiger partial charge in [-0.05, 0) is 43.4 Å². The molecule has 2 heteroatoms. The van der Waals surface area contributed by atoms with Crippen LogP contribution < -0.4 is 5.32 Å². The molecule has 1 nitrogen and oxygen atoms in total. The van der Waals surface area contributed by atoms with E-state index >= 15 is 0 Å². The molecule has 0 heterocycles. The van der Waals surface area contributed by atoms with Crippen LogP contribution in [0.5, 0.6) is 0 Å². The molecule has 16 heavy (non-hydrogen) atoms. The van der Waals surface area contributed by atoms with Crippen LogP contribution in [0.4, 0.5) is 4.39 Å². The first-order valence-electron chi connectivity index (χ1n) is 5.68. The Morgan fingerprint density at radius 1 is 1.31 bits per heavy atom. The first-order chi connectivity index (χ1) is 7.79. The van der Waals surface area contributed by atoms with Crippen LogP contribution in [0.1, 0.15) is 31.2 Å². The summed E-state index contributed by atoms with van der Waals surface area (Å²) in [5, 5.41) is 3.38. The molecule has 0 bridgehead atoms. The molecule has 1 aromatic rings. The molecule has 0 aromatic heterocycles. The third-order valence-corrected chi connectivity index (χ3v) is 3.14. The smallest absolute Gasteiger partial charge is 0.123 e. The molecule has 2 rings (SSSR count). The van der Waals surface area contributed by atoms with Crippen molar-refractivity contribution in [2.24, 2.45) is 0 Å². The number of hydrogen-bond donors (Lipinski definition) is 1. The van der Waals surface area contributed by atoms with Gasteiger partial charge in [0.05, 0.1) is 6.54 Å². The second kappa shape index (κ2) is 5.14. The highest BCUT2D eigenvalue weighted by Gasteiger charge is 2.29. The highest BCUT2D eigenvalue weighted by Crippen LogP contribution is 2.36. The van der Waals surface area contributed by atoms with Gasteiger partial charge in [-0.3, -0.25) is 0 Å². The number of rotatable bonds is 3. The van der Waals surface area contributed by atoms with Gasteiger partial charge in [0.15, 0.2) is 0 Å². The van der Waals surface area contributed by atoms with Gasteiger partial charge in [-0.1, -0.05) is 18.1 Å². The molecule has 0 aliphatic heterocycles. The molecular formula is C14H16FN. The van der Waals surface area contributed by atoms with Crippen LogP contribution in [0.15, 0.2) is 24.3 Å². The lowest BCUT2D eigenvalue weighted by Crippen LogP contribution is -2.40. The maximum absolute atomic E-state index is 12.7. The molecule has 0 radical (unpaired) electrons. The average molecular weight is 217 g/mol. The summed E-state index contributed by atoms with van der Waals surface area (Å²) in [5.74, 6) is 6.30. The van der Waals surface area contributed by atoms with Crippen molar-refractivity contribution < 1.29 is 4.39 Å². The van der Waals surface area contributed by atoms with E-state index in [-0.39, 0.29) is 5.82 Å². The van der Waals surface area contributed by atoms with E-state index in [9.17, 15) is 4.39 Å². The highest BCUT2D eigenvalue weighted by atomic mass is 19.1. The zero-order valence-electron chi connectivity index (χ0n) is 9.46. The Bertz CT molecular complexity index is 393. The fourth-order valence-electron chi connectivity index (χ4n) is 2.08. The first kappa shape index (κ1) is 11.2. The first-order valence-corrected chi connectivity index (χ1v) is 5.68. The van der Waals surface area contributed by atoms with Crippen molar-refractivity contribution in [2.45, 2.75) is 31.7 Å². The van der Waals surface area contributed by atoms with Gasteiger partial charge in [0.25, 0.3) is 0 Å². The summed E-state index contributed by atoms with van der Waals surface area (Å²) >= 11 is 0. The topological polar surface area (TPSA) is 12.0 Å². The van der Waals surface area contributed by atoms with E-state index in [0.717, 1.165) is 19.4 Å². The molecule has 1 N–H and O–H groups in total. The van der Waals surface area contributed by atoms with Crippen LogP contribution in [0.2, 0.25) is 0 Å². The predicted molar refractivity (Wildman–Crippen MR) is 63.6 cm³/mol. The van der Waals surface area contributed by atoms with Gasteiger partial charge in [-0.25, -0.2) is 4.39 Å². The van der Waals surface area contributed by atoms with E-state index in [1.807, 2.05) is 19.1 Å². The van der Waals surface area contributed by atoms with E-state index in [0.29, 0.717) is 12.0 Å². The van der Waals surface area contributed by atoms with Crippen molar-refractivity contribution >= 4 is 0 Å². The SMILES string of the molecule is CC#CCNC1CC(c2ccc(F)cc2)C1. The predicted octanol–water partition coefficient (Wildman–Crippen LogP) is 2.68. The summed E-state index contributed by atoms with van der Waals surface area (Å²) in [6.45, 7) is 2.63. The largest absolute Gasteiger partial charge is 0.303 e. The maximum Gasteiger partial charge on any atom is 0.123 e. The maximum atomic E-state index is 12.7. The van der Waals surface area contributed by atoms with E-state index in [4.69, 9.17) is 0 Å². The minimum absolute atomic E-state index is 0.157. The molecular weight excluding hydrogens is 201 g/mol. The summed E-state index contributed by atoms with van der Waals surface area (Å²) in [4.78, 5) is 0. The lowest BCUT2D eigenvalue weighted by Gasteiger charge is -2.36. The number of hydrogen-bond acceptors (Lipinski definition) is 1. The zero-order chi connectivity index (χ0) is 11.4. The third-order valence-electron chi connectivity index (χ3n) is 3.14. The molecule has 84 valence electrons. The summed E-state index contributed by atoms with van der Waals surface area (Å²) in [7, 11) is 0. The Labute approximate surface area is 96.1 Å². The van der Waals surface area contributed by atoms with Gasteiger partial charge >= 0.3 is 0 Å². The van der Waals surface area contributed by atoms with Gasteiger partial charge in [0.1, 0.15) is 5.82 Å². The third kappa shape index (κ3) is 2.62. The van der Waals surface area contributed by atoms with Crippen LogP contribution in [0, 0.1) is 17.7 Å². The molecule has 1 aliphatic carbocycles. The van der Waals surface area contributed by atoms with Crippen molar-refractivity contribution in [3.05, 3.63) is 35.6 Å². The Kier molecular flexibility index (Phi) is 3.58. The van der Waals surface area contributed by atoms with Crippen molar-refractivity contribution in [1.82, 2.24) is 5.32 Å². The fraction of sp³-hybridized carbons (Fsp3) is 0.429. The minimum Gasteiger partial charge on any atom is -0.303 e. The molecule has 0 saturated heterocycles. The normalized spacial score (nSPS) is 23.1. The quantitative estimate of drug-likeness (QED) is 0.768. The summed E-state index contributed by atoms with van der Waals surface area (Å²) in [6, 6.07) is 7.44. The van der Waals surface area contributed by atoms with Crippen molar-refractivity contribution in [1.29, 1.82) is 0 Å². The van der Waals surface area contributed by atoms with Gasteiger partial charge in [0.2, 0.25) is 0 Å². The Balaban J connectivity index is 1.79. The minimum atomic E-state index is -0.157. The second-order valence-electron chi connectivity index (χ2n) is 4.22. The molecule has 0 atom stereocenters. The number of nitrogens with one attached hydrogen (secondary N) is 1. The van der Waals surface area contributed by atoms with E-state index < -0.39 is 0 Å². The van der Waals surface area contributed by atoms with Crippen molar-refractivity contribution in [3.8, 4) is 11.8 Å². The lowest BCUT2D eigenvalue weighted by atomic mass is 9.76. The molecule has 0 spiro atoms. The van der Waals surface area contributed by atoms with E-state index in [2.05, 4.69) is 17.2 Å². The Morgan fingerprint density at radius 3 is 2.62 bits per heavy atom. The fourth-order valence-corrected chi connectivity index (χ4v) is 2.08. The number of halogens is 1. The van der Waals surface area contributed by atoms with Gasteiger partial charge < -0.3 is 5.32 Å². The van der Waals surface area contributed by atoms with Crippen molar-refractivity contribution in [3.63, 3.8) is 0 Å². The van der Waals surface area contributed by atoms with Crippen LogP contribution in [0.25, 0.3) is 0 Å². The Morgan fingerprint density at radius 2 is 2.00 bits per heavy atom. The highest BCUT2D eigenvalue weighted by molar-refractivity contribution is 5.23. The number of benzene rings is 1. The van der Waals surface area contributed by atoms with Gasteiger partial charge in [-0.2, -0.15) is 0 Å². The van der Waals surface area contributed by atoms with Gasteiger partial charge in [-0.15, -0.1) is 5.92 Å². The van der Waals surface area contributed by atoms with Gasteiger partial charge in [0, 0.05) is 6.04 Å². The Hall–Kier alpha value is -1.33. The molecule has 1 aromatic carbocycles. The van der Waals surface area contributed by atoms with Crippen LogP contribution in [-0.2, 0) is 0 Å². The second-order valence-corrected chi connectivity index (χ2v) is 4.22. The summed E-state index contributed by atoms with van der Waals surface area (Å²) < 4.78 is 12.7. The molecule has 1 saturated carbocycles. The van der Waals surface area contributed by atoms with E-state index in [1.54, 1.807) is 12.1 Å². The van der Waals surface area contributed by atoms with Crippen LogP contribution >= 0.6 is 0 Å². The zero-order valence-corrected chi connectivity index (χ0v) is 9.46. The van der Waals surface area contributed by atoms with Crippen LogP contribution in [-0.4, -0.2) is 12.6 Å². The molecule has 0 amide bonds. The molecule has 1 aliphatic rings. The average Bonchev–Trinajstić information content (AvgIpc) is 2.23. The monoisotopic (exact) mass is 217 g/mol. The summed E-state index contributed by atoms with van der Waals surface area (Å²) in [6.07, 6.45) is 2.27. The van der Waals surface area contributed by atoms with E-state index in [1.165, 1.54) is 5.56 Å². The molecule has 0 unspecified atom stereocenters.